The van der Waals surface area contributed by atoms with Crippen LogP contribution in [0.15, 0.2) is 23.4 Å². The molecule has 246 valence electrons. The highest BCUT2D eigenvalue weighted by molar-refractivity contribution is 7.90. The van der Waals surface area contributed by atoms with Gasteiger partial charge in [0.15, 0.2) is 11.5 Å². The van der Waals surface area contributed by atoms with Gasteiger partial charge in [-0.2, -0.15) is 5.10 Å². The number of hydrogen-bond acceptors (Lipinski definition) is 10. The molecule has 1 atom stereocenters. The lowest BCUT2D eigenvalue weighted by Crippen LogP contribution is -2.37. The largest absolute Gasteiger partial charge is 0.444 e. The fourth-order valence-electron chi connectivity index (χ4n) is 6.33. The lowest BCUT2D eigenvalue weighted by atomic mass is 9.86. The van der Waals surface area contributed by atoms with Gasteiger partial charge in [0.05, 0.1) is 30.2 Å². The van der Waals surface area contributed by atoms with Crippen LogP contribution in [0.4, 0.5) is 20.7 Å². The number of sulfone groups is 1. The molecule has 4 heterocycles. The molecule has 13 nitrogen and oxygen atoms in total. The van der Waals surface area contributed by atoms with Crippen molar-refractivity contribution in [3.05, 3.63) is 57.8 Å². The third-order valence-electron chi connectivity index (χ3n) is 8.38. The van der Waals surface area contributed by atoms with E-state index in [0.29, 0.717) is 67.2 Å². The average molecular weight is 656 g/mol. The van der Waals surface area contributed by atoms with E-state index in [-0.39, 0.29) is 29.8 Å². The lowest BCUT2D eigenvalue weighted by Gasteiger charge is -2.37. The number of amides is 2. The van der Waals surface area contributed by atoms with Crippen LogP contribution in [-0.4, -0.2) is 77.6 Å². The highest BCUT2D eigenvalue weighted by atomic mass is 32.2. The van der Waals surface area contributed by atoms with Gasteiger partial charge in [0.1, 0.15) is 17.0 Å². The maximum absolute atomic E-state index is 16.2. The minimum Gasteiger partial charge on any atom is -0.444 e. The topological polar surface area (TPSA) is 149 Å². The summed E-state index contributed by atoms with van der Waals surface area (Å²) < 4.78 is 55.5. The van der Waals surface area contributed by atoms with Crippen molar-refractivity contribution in [3.8, 4) is 0 Å². The van der Waals surface area contributed by atoms with Crippen molar-refractivity contribution in [3.63, 3.8) is 0 Å². The first-order valence-electron chi connectivity index (χ1n) is 15.1. The Kier molecular flexibility index (Phi) is 7.82. The molecule has 2 aliphatic heterocycles. The van der Waals surface area contributed by atoms with E-state index in [9.17, 15) is 18.0 Å². The van der Waals surface area contributed by atoms with Crippen LogP contribution in [-0.2, 0) is 57.5 Å². The maximum Gasteiger partial charge on any atom is 0.412 e. The molecule has 2 amide bonds. The molecule has 46 heavy (non-hydrogen) atoms. The van der Waals surface area contributed by atoms with E-state index in [1.165, 1.54) is 11.0 Å². The van der Waals surface area contributed by atoms with Crippen molar-refractivity contribution in [1.29, 1.82) is 0 Å². The molecule has 0 fully saturated rings. The highest BCUT2D eigenvalue weighted by Gasteiger charge is 2.47. The Morgan fingerprint density at radius 1 is 1.17 bits per heavy atom. The van der Waals surface area contributed by atoms with E-state index in [4.69, 9.17) is 9.47 Å². The number of rotatable bonds is 4. The minimum absolute atomic E-state index is 0.0252. The molecule has 1 N–H and O–H groups in total. The summed E-state index contributed by atoms with van der Waals surface area (Å²) in [5, 5.41) is 6.69. The molecular weight excluding hydrogens is 617 g/mol. The number of nitrogens with zero attached hydrogens (tertiary/aromatic N) is 6. The predicted octanol–water partition coefficient (Wildman–Crippen LogP) is 3.59. The van der Waals surface area contributed by atoms with Gasteiger partial charge in [-0.1, -0.05) is 6.07 Å². The molecule has 1 aliphatic carbocycles. The summed E-state index contributed by atoms with van der Waals surface area (Å²) in [7, 11) is -0.485. The molecule has 0 saturated heterocycles. The zero-order valence-electron chi connectivity index (χ0n) is 26.8. The molecule has 1 unspecified atom stereocenters. The molecule has 3 aromatic rings. The average Bonchev–Trinajstić information content (AvgIpc) is 3.46. The number of hydrogen-bond donors (Lipinski definition) is 1. The summed E-state index contributed by atoms with van der Waals surface area (Å²) in [6, 6.07) is 5.03. The Morgan fingerprint density at radius 2 is 1.93 bits per heavy atom. The van der Waals surface area contributed by atoms with E-state index in [1.54, 1.807) is 51.7 Å². The van der Waals surface area contributed by atoms with Crippen LogP contribution >= 0.6 is 0 Å². The Balaban J connectivity index is 1.37. The van der Waals surface area contributed by atoms with E-state index >= 15 is 4.39 Å². The number of carbonyl (C=O) groups excluding carboxylic acids is 2. The van der Waals surface area contributed by atoms with E-state index in [0.717, 1.165) is 17.5 Å². The third kappa shape index (κ3) is 5.93. The molecule has 1 aromatic carbocycles. The Morgan fingerprint density at radius 3 is 2.63 bits per heavy atom. The van der Waals surface area contributed by atoms with Crippen LogP contribution in [0.3, 0.4) is 0 Å². The number of anilines is 2. The molecule has 2 aromatic heterocycles. The lowest BCUT2D eigenvalue weighted by molar-refractivity contribution is -0.0749. The number of ether oxygens (including phenoxy) is 2. The van der Waals surface area contributed by atoms with Gasteiger partial charge in [0.2, 0.25) is 15.0 Å². The standard InChI is InChI=1S/C31H38FN7O6S/c1-30(2,3)45-29(41)34-21-9-8-18-10-11-31(24(18)25(21)32)15-23-20(17-44-31)26(35-28(33-23)46(6,42)43)38-12-7-13-39-19(16-38)14-22(36-39)27(40)37(4)5/h8-9,14H,7,10-13,15-17H2,1-6H3,(H,34,41). The maximum atomic E-state index is 16.2. The first-order valence-corrected chi connectivity index (χ1v) is 17.0. The zero-order chi connectivity index (χ0) is 33.2. The summed E-state index contributed by atoms with van der Waals surface area (Å²) in [6.45, 7) is 6.65. The number of nitrogens with one attached hydrogen (secondary N) is 1. The van der Waals surface area contributed by atoms with Crippen molar-refractivity contribution in [2.45, 2.75) is 82.5 Å². The third-order valence-corrected chi connectivity index (χ3v) is 9.23. The second kappa shape index (κ2) is 11.3. The van der Waals surface area contributed by atoms with Gasteiger partial charge in [0, 0.05) is 51.0 Å². The van der Waals surface area contributed by atoms with Crippen LogP contribution in [0.25, 0.3) is 0 Å². The van der Waals surface area contributed by atoms with Crippen LogP contribution in [0.2, 0.25) is 0 Å². The highest BCUT2D eigenvalue weighted by Crippen LogP contribution is 2.49. The summed E-state index contributed by atoms with van der Waals surface area (Å²) >= 11 is 0. The minimum atomic E-state index is -3.82. The van der Waals surface area contributed by atoms with Gasteiger partial charge < -0.3 is 19.3 Å². The first kappa shape index (κ1) is 31.9. The van der Waals surface area contributed by atoms with Crippen LogP contribution in [0, 0.1) is 5.82 Å². The Labute approximate surface area is 267 Å². The van der Waals surface area contributed by atoms with Crippen molar-refractivity contribution in [1.82, 2.24) is 24.6 Å². The normalized spacial score (nSPS) is 19.2. The number of fused-ring (bicyclic) bond motifs is 4. The van der Waals surface area contributed by atoms with Crippen molar-refractivity contribution >= 4 is 33.3 Å². The summed E-state index contributed by atoms with van der Waals surface area (Å²) in [5.41, 5.74) is 1.39. The van der Waals surface area contributed by atoms with Gasteiger partial charge in [-0.05, 0) is 57.7 Å². The summed E-state index contributed by atoms with van der Waals surface area (Å²) in [4.78, 5) is 37.5. The number of aromatic nitrogens is 4. The molecule has 3 aliphatic rings. The van der Waals surface area contributed by atoms with Crippen LogP contribution in [0.1, 0.15) is 72.2 Å². The van der Waals surface area contributed by atoms with E-state index in [2.05, 4.69) is 20.4 Å². The monoisotopic (exact) mass is 655 g/mol. The predicted molar refractivity (Wildman–Crippen MR) is 166 cm³/mol. The van der Waals surface area contributed by atoms with Gasteiger partial charge in [-0.3, -0.25) is 14.8 Å². The fraction of sp³-hybridized carbons (Fsp3) is 0.516. The van der Waals surface area contributed by atoms with Crippen LogP contribution < -0.4 is 10.2 Å². The second-order valence-corrected chi connectivity index (χ2v) is 15.2. The molecule has 0 radical (unpaired) electrons. The quantitative estimate of drug-likeness (QED) is 0.414. The first-order chi connectivity index (χ1) is 21.5. The molecule has 0 bridgehead atoms. The van der Waals surface area contributed by atoms with Gasteiger partial charge in [0.25, 0.3) is 5.91 Å². The van der Waals surface area contributed by atoms with Crippen molar-refractivity contribution < 1.29 is 31.9 Å². The molecule has 6 rings (SSSR count). The SMILES string of the molecule is CN(C)C(=O)c1cc2n(n1)CCCN(c1nc(S(C)(=O)=O)nc3c1COC1(CCc4ccc(NC(=O)OC(C)(C)C)c(F)c41)C3)C2. The van der Waals surface area contributed by atoms with Crippen molar-refractivity contribution in [2.75, 3.05) is 37.1 Å². The summed E-state index contributed by atoms with van der Waals surface area (Å²) in [6.07, 6.45) is 2.06. The number of aryl methyl sites for hydroxylation is 2. The Bertz CT molecular complexity index is 1850. The Hall–Kier alpha value is -4.11. The van der Waals surface area contributed by atoms with Gasteiger partial charge in [-0.15, -0.1) is 0 Å². The fourth-order valence-corrected chi connectivity index (χ4v) is 6.86. The molecule has 15 heteroatoms. The molecule has 1 spiro atoms. The molecular formula is C31H38FN7O6S. The zero-order valence-corrected chi connectivity index (χ0v) is 27.6. The van der Waals surface area contributed by atoms with Crippen LogP contribution in [0.5, 0.6) is 0 Å². The number of benzene rings is 1. The van der Waals surface area contributed by atoms with E-state index in [1.807, 2.05) is 4.90 Å². The second-order valence-electron chi connectivity index (χ2n) is 13.3. The number of halogens is 1. The number of carbonyl (C=O) groups is 2. The van der Waals surface area contributed by atoms with Gasteiger partial charge in [-0.25, -0.2) is 27.6 Å². The van der Waals surface area contributed by atoms with E-state index < -0.39 is 32.9 Å². The smallest absolute Gasteiger partial charge is 0.412 e. The van der Waals surface area contributed by atoms with Crippen molar-refractivity contribution in [2.24, 2.45) is 0 Å². The van der Waals surface area contributed by atoms with Gasteiger partial charge >= 0.3 is 6.09 Å². The molecule has 0 saturated carbocycles. The summed E-state index contributed by atoms with van der Waals surface area (Å²) in [5.74, 6) is -0.404.